The topological polar surface area (TPSA) is 37.3 Å². The minimum Gasteiger partial charge on any atom is -0.481 e. The summed E-state index contributed by atoms with van der Waals surface area (Å²) in [7, 11) is 0. The van der Waals surface area contributed by atoms with E-state index in [9.17, 15) is 9.90 Å². The second-order valence-electron chi connectivity index (χ2n) is 4.56. The highest BCUT2D eigenvalue weighted by molar-refractivity contribution is 5.81. The summed E-state index contributed by atoms with van der Waals surface area (Å²) in [4.78, 5) is 11.5. The Hall–Kier alpha value is -1.31. The quantitative estimate of drug-likeness (QED) is 0.825. The summed E-state index contributed by atoms with van der Waals surface area (Å²) in [5.41, 5.74) is 0.112. The predicted molar refractivity (Wildman–Crippen MR) is 65.5 cm³/mol. The smallest absolute Gasteiger partial charge is 0.314 e. The van der Waals surface area contributed by atoms with Crippen LogP contribution in [0.5, 0.6) is 0 Å². The van der Waals surface area contributed by atoms with Gasteiger partial charge in [0.15, 0.2) is 0 Å². The molecule has 0 aliphatic heterocycles. The van der Waals surface area contributed by atoms with Gasteiger partial charge < -0.3 is 5.11 Å². The molecule has 0 aromatic heterocycles. The summed E-state index contributed by atoms with van der Waals surface area (Å²) in [6.07, 6.45) is 1.94. The van der Waals surface area contributed by atoms with E-state index >= 15 is 0 Å². The highest BCUT2D eigenvalue weighted by Crippen LogP contribution is 2.34. The molecule has 0 fully saturated rings. The molecule has 1 N–H and O–H groups in total. The highest BCUT2D eigenvalue weighted by Gasteiger charge is 2.39. The van der Waals surface area contributed by atoms with Crippen LogP contribution in [0.1, 0.15) is 39.2 Å². The third-order valence-electron chi connectivity index (χ3n) is 3.53. The van der Waals surface area contributed by atoms with Gasteiger partial charge in [-0.05, 0) is 24.8 Å². The van der Waals surface area contributed by atoms with Crippen molar-refractivity contribution in [2.75, 3.05) is 0 Å². The molecule has 16 heavy (non-hydrogen) atoms. The van der Waals surface area contributed by atoms with Crippen molar-refractivity contribution in [2.24, 2.45) is 5.92 Å². The second-order valence-corrected chi connectivity index (χ2v) is 4.56. The van der Waals surface area contributed by atoms with Gasteiger partial charge in [0, 0.05) is 0 Å². The van der Waals surface area contributed by atoms with E-state index in [1.807, 2.05) is 44.2 Å². The summed E-state index contributed by atoms with van der Waals surface area (Å²) in [6, 6.07) is 9.52. The molecule has 0 amide bonds. The molecule has 0 saturated heterocycles. The fraction of sp³-hybridized carbons (Fsp3) is 0.500. The molecule has 0 radical (unpaired) electrons. The summed E-state index contributed by atoms with van der Waals surface area (Å²) in [5, 5.41) is 9.48. The van der Waals surface area contributed by atoms with Gasteiger partial charge in [0.1, 0.15) is 0 Å². The number of hydrogen-bond donors (Lipinski definition) is 1. The Balaban J connectivity index is 3.12. The van der Waals surface area contributed by atoms with Gasteiger partial charge in [0.2, 0.25) is 0 Å². The van der Waals surface area contributed by atoms with Crippen LogP contribution < -0.4 is 0 Å². The van der Waals surface area contributed by atoms with E-state index in [-0.39, 0.29) is 5.92 Å². The number of hydrogen-bond acceptors (Lipinski definition) is 1. The van der Waals surface area contributed by atoms with Crippen molar-refractivity contribution in [3.8, 4) is 0 Å². The van der Waals surface area contributed by atoms with Crippen molar-refractivity contribution in [3.63, 3.8) is 0 Å². The summed E-state index contributed by atoms with van der Waals surface area (Å²) < 4.78 is 0. The van der Waals surface area contributed by atoms with Gasteiger partial charge in [-0.25, -0.2) is 0 Å². The van der Waals surface area contributed by atoms with Crippen LogP contribution in [-0.2, 0) is 10.2 Å². The molecule has 2 nitrogen and oxygen atoms in total. The molecule has 0 saturated carbocycles. The van der Waals surface area contributed by atoms with Crippen molar-refractivity contribution in [2.45, 2.75) is 39.0 Å². The Morgan fingerprint density at radius 1 is 1.38 bits per heavy atom. The lowest BCUT2D eigenvalue weighted by Gasteiger charge is -2.32. The van der Waals surface area contributed by atoms with Crippen LogP contribution in [0.25, 0.3) is 0 Å². The van der Waals surface area contributed by atoms with Gasteiger partial charge >= 0.3 is 5.97 Å². The molecule has 2 heteroatoms. The summed E-state index contributed by atoms with van der Waals surface area (Å²) in [5.74, 6) is -0.600. The maximum Gasteiger partial charge on any atom is 0.314 e. The molecule has 1 aromatic carbocycles. The van der Waals surface area contributed by atoms with Crippen molar-refractivity contribution in [1.29, 1.82) is 0 Å². The summed E-state index contributed by atoms with van der Waals surface area (Å²) in [6.45, 7) is 5.93. The highest BCUT2D eigenvalue weighted by atomic mass is 16.4. The summed E-state index contributed by atoms with van der Waals surface area (Å²) >= 11 is 0. The van der Waals surface area contributed by atoms with Gasteiger partial charge in [-0.2, -0.15) is 0 Å². The van der Waals surface area contributed by atoms with E-state index < -0.39 is 11.4 Å². The van der Waals surface area contributed by atoms with E-state index in [1.165, 1.54) is 0 Å². The van der Waals surface area contributed by atoms with Crippen LogP contribution in [-0.4, -0.2) is 11.1 Å². The maximum absolute atomic E-state index is 11.5. The van der Waals surface area contributed by atoms with E-state index in [4.69, 9.17) is 0 Å². The number of benzene rings is 1. The molecule has 0 bridgehead atoms. The fourth-order valence-corrected chi connectivity index (χ4v) is 2.12. The minimum absolute atomic E-state index is 0.136. The molecule has 0 heterocycles. The predicted octanol–water partition coefficient (Wildman–Crippen LogP) is 3.47. The Labute approximate surface area is 97.3 Å². The van der Waals surface area contributed by atoms with E-state index in [2.05, 4.69) is 6.92 Å². The monoisotopic (exact) mass is 220 g/mol. The average Bonchev–Trinajstić information content (AvgIpc) is 2.29. The van der Waals surface area contributed by atoms with E-state index in [0.29, 0.717) is 0 Å². The first kappa shape index (κ1) is 12.8. The normalized spacial score (nSPS) is 16.4. The number of carboxylic acid groups (broad SMARTS) is 1. The molecule has 1 aromatic rings. The van der Waals surface area contributed by atoms with E-state index in [0.717, 1.165) is 18.4 Å². The molecule has 0 spiro atoms. The second kappa shape index (κ2) is 5.15. The molecule has 1 rings (SSSR count). The number of carbonyl (C=O) groups is 1. The lowest BCUT2D eigenvalue weighted by atomic mass is 9.71. The number of carboxylic acids is 1. The van der Waals surface area contributed by atoms with Gasteiger partial charge in [-0.15, -0.1) is 0 Å². The Kier molecular flexibility index (Phi) is 4.11. The standard InChI is InChI=1S/C14H20O2/c1-4-8-11(2)14(3,13(15)16)12-9-6-5-7-10-12/h5-7,9-11H,4,8H2,1-3H3,(H,15,16). The molecular weight excluding hydrogens is 200 g/mol. The Bertz CT molecular complexity index is 345. The van der Waals surface area contributed by atoms with Gasteiger partial charge in [0.05, 0.1) is 5.41 Å². The van der Waals surface area contributed by atoms with Gasteiger partial charge in [-0.3, -0.25) is 4.79 Å². The number of aliphatic carboxylic acids is 1. The molecule has 2 unspecified atom stereocenters. The zero-order chi connectivity index (χ0) is 12.2. The minimum atomic E-state index is -0.780. The molecule has 88 valence electrons. The van der Waals surface area contributed by atoms with E-state index in [1.54, 1.807) is 0 Å². The van der Waals surface area contributed by atoms with Crippen LogP contribution >= 0.6 is 0 Å². The number of rotatable bonds is 5. The zero-order valence-electron chi connectivity index (χ0n) is 10.2. The van der Waals surface area contributed by atoms with Crippen molar-refractivity contribution in [1.82, 2.24) is 0 Å². The molecular formula is C14H20O2. The zero-order valence-corrected chi connectivity index (χ0v) is 10.2. The lowest BCUT2D eigenvalue weighted by Crippen LogP contribution is -2.39. The molecule has 0 aliphatic rings. The Morgan fingerprint density at radius 3 is 2.38 bits per heavy atom. The lowest BCUT2D eigenvalue weighted by molar-refractivity contribution is -0.145. The Morgan fingerprint density at radius 2 is 1.94 bits per heavy atom. The largest absolute Gasteiger partial charge is 0.481 e. The van der Waals surface area contributed by atoms with Crippen LogP contribution in [0.15, 0.2) is 30.3 Å². The van der Waals surface area contributed by atoms with Crippen molar-refractivity contribution in [3.05, 3.63) is 35.9 Å². The third-order valence-corrected chi connectivity index (χ3v) is 3.53. The first-order valence-corrected chi connectivity index (χ1v) is 5.82. The van der Waals surface area contributed by atoms with Crippen molar-refractivity contribution >= 4 is 5.97 Å². The van der Waals surface area contributed by atoms with Crippen molar-refractivity contribution < 1.29 is 9.90 Å². The van der Waals surface area contributed by atoms with Crippen LogP contribution in [0.2, 0.25) is 0 Å². The fourth-order valence-electron chi connectivity index (χ4n) is 2.12. The first-order chi connectivity index (χ1) is 7.53. The van der Waals surface area contributed by atoms with Crippen LogP contribution in [0.4, 0.5) is 0 Å². The third kappa shape index (κ3) is 2.26. The first-order valence-electron chi connectivity index (χ1n) is 5.82. The van der Waals surface area contributed by atoms with Gasteiger partial charge in [0.25, 0.3) is 0 Å². The SMILES string of the molecule is CCCC(C)C(C)(C(=O)O)c1ccccc1. The maximum atomic E-state index is 11.5. The molecule has 2 atom stereocenters. The average molecular weight is 220 g/mol. The van der Waals surface area contributed by atoms with Crippen LogP contribution in [0, 0.1) is 5.92 Å². The van der Waals surface area contributed by atoms with Crippen LogP contribution in [0.3, 0.4) is 0 Å². The van der Waals surface area contributed by atoms with Gasteiger partial charge in [-0.1, -0.05) is 50.6 Å². The molecule has 0 aliphatic carbocycles.